The predicted octanol–water partition coefficient (Wildman–Crippen LogP) is 5.86. The second kappa shape index (κ2) is 9.32. The average Bonchev–Trinajstić information content (AvgIpc) is 3.40. The van der Waals surface area contributed by atoms with Gasteiger partial charge in [0.05, 0.1) is 19.6 Å². The molecule has 5 nitrogen and oxygen atoms in total. The molecule has 6 heteroatoms. The minimum atomic E-state index is -0.836. The van der Waals surface area contributed by atoms with Crippen LogP contribution >= 0.6 is 11.6 Å². The summed E-state index contributed by atoms with van der Waals surface area (Å²) < 4.78 is 11.0. The van der Waals surface area contributed by atoms with E-state index in [2.05, 4.69) is 24.3 Å². The Morgan fingerprint density at radius 1 is 1.03 bits per heavy atom. The number of fused-ring (bicyclic) bond motifs is 1. The molecule has 2 bridgehead atoms. The summed E-state index contributed by atoms with van der Waals surface area (Å²) in [5.41, 5.74) is 3.04. The summed E-state index contributed by atoms with van der Waals surface area (Å²) in [7, 11) is 3.07. The maximum absolute atomic E-state index is 13.8. The minimum absolute atomic E-state index is 0.0202. The standard InChI is InChI=1S/C32H30ClNO4/c1-37-27-13-6-3-8-21(27)14-15-29(35)34-19-28-31(22-9-7-10-23(33)18-22)17-16-26(24-11-4-5-12-25(24)31)32(28,20-34)30(36)38-2/h3-15,18,26,28H,16-17,19-20H2,1-2H3/b15-14+/t26-,28-,31-,32-/m0/s1. The molecule has 1 saturated heterocycles. The number of hydrogen-bond donors (Lipinski definition) is 0. The number of benzene rings is 3. The van der Waals surface area contributed by atoms with E-state index in [0.717, 1.165) is 24.0 Å². The zero-order chi connectivity index (χ0) is 26.5. The number of carbonyl (C=O) groups excluding carboxylic acids is 2. The Labute approximate surface area is 228 Å². The van der Waals surface area contributed by atoms with Crippen molar-refractivity contribution in [1.29, 1.82) is 0 Å². The minimum Gasteiger partial charge on any atom is -0.496 e. The van der Waals surface area contributed by atoms with Crippen molar-refractivity contribution in [2.24, 2.45) is 11.3 Å². The first-order chi connectivity index (χ1) is 18.5. The number of ether oxygens (including phenoxy) is 2. The number of rotatable bonds is 5. The Morgan fingerprint density at radius 2 is 1.82 bits per heavy atom. The van der Waals surface area contributed by atoms with Crippen LogP contribution in [-0.4, -0.2) is 44.1 Å². The third kappa shape index (κ3) is 3.45. The number of carbonyl (C=O) groups is 2. The van der Waals surface area contributed by atoms with Gasteiger partial charge in [-0.2, -0.15) is 0 Å². The lowest BCUT2D eigenvalue weighted by Crippen LogP contribution is -2.60. The molecule has 2 fully saturated rings. The van der Waals surface area contributed by atoms with Crippen LogP contribution in [0.1, 0.15) is 41.0 Å². The molecule has 0 unspecified atom stereocenters. The van der Waals surface area contributed by atoms with Crippen LogP contribution in [0.5, 0.6) is 5.75 Å². The maximum atomic E-state index is 13.8. The van der Waals surface area contributed by atoms with Gasteiger partial charge in [0.2, 0.25) is 5.91 Å². The quantitative estimate of drug-likeness (QED) is 0.308. The Balaban J connectivity index is 1.47. The van der Waals surface area contributed by atoms with Gasteiger partial charge in [0.1, 0.15) is 5.75 Å². The van der Waals surface area contributed by atoms with Crippen LogP contribution in [0, 0.1) is 11.3 Å². The van der Waals surface area contributed by atoms with Crippen LogP contribution in [0.4, 0.5) is 0 Å². The first-order valence-corrected chi connectivity index (χ1v) is 13.4. The number of nitrogens with zero attached hydrogens (tertiary/aromatic N) is 1. The van der Waals surface area contributed by atoms with Crippen LogP contribution in [0.2, 0.25) is 5.02 Å². The van der Waals surface area contributed by atoms with E-state index in [4.69, 9.17) is 21.1 Å². The van der Waals surface area contributed by atoms with E-state index < -0.39 is 10.8 Å². The van der Waals surface area contributed by atoms with Crippen LogP contribution < -0.4 is 4.74 Å². The Hall–Kier alpha value is -3.57. The number of hydrogen-bond acceptors (Lipinski definition) is 4. The second-order valence-electron chi connectivity index (χ2n) is 10.5. The fourth-order valence-electron chi connectivity index (χ4n) is 7.63. The molecule has 1 heterocycles. The highest BCUT2D eigenvalue weighted by Gasteiger charge is 2.71. The van der Waals surface area contributed by atoms with E-state index >= 15 is 0 Å². The predicted molar refractivity (Wildman–Crippen MR) is 147 cm³/mol. The van der Waals surface area contributed by atoms with Gasteiger partial charge in [-0.05, 0) is 53.8 Å². The summed E-state index contributed by atoms with van der Waals surface area (Å²) in [5, 5.41) is 0.663. The van der Waals surface area contributed by atoms with E-state index in [-0.39, 0.29) is 23.7 Å². The average molecular weight is 528 g/mol. The molecule has 0 aromatic heterocycles. The molecule has 4 atom stereocenters. The van der Waals surface area contributed by atoms with Gasteiger partial charge in [-0.1, -0.05) is 66.2 Å². The van der Waals surface area contributed by atoms with Crippen molar-refractivity contribution in [3.8, 4) is 5.75 Å². The van der Waals surface area contributed by atoms with Crippen molar-refractivity contribution in [1.82, 2.24) is 4.90 Å². The van der Waals surface area contributed by atoms with Crippen molar-refractivity contribution in [3.05, 3.63) is 106 Å². The van der Waals surface area contributed by atoms with E-state index in [1.807, 2.05) is 53.4 Å². The fourth-order valence-corrected chi connectivity index (χ4v) is 7.82. The van der Waals surface area contributed by atoms with Crippen molar-refractivity contribution in [3.63, 3.8) is 0 Å². The summed E-state index contributed by atoms with van der Waals surface area (Å²) >= 11 is 6.52. The van der Waals surface area contributed by atoms with Gasteiger partial charge in [-0.3, -0.25) is 9.59 Å². The lowest BCUT2D eigenvalue weighted by atomic mass is 9.42. The molecule has 3 aromatic rings. The van der Waals surface area contributed by atoms with Crippen molar-refractivity contribution >= 4 is 29.6 Å². The summed E-state index contributed by atoms with van der Waals surface area (Å²) in [4.78, 5) is 29.3. The van der Waals surface area contributed by atoms with E-state index in [9.17, 15) is 9.59 Å². The highest BCUT2D eigenvalue weighted by atomic mass is 35.5. The van der Waals surface area contributed by atoms with E-state index in [1.54, 1.807) is 19.3 Å². The maximum Gasteiger partial charge on any atom is 0.314 e. The third-order valence-electron chi connectivity index (χ3n) is 9.10. The molecule has 1 aliphatic heterocycles. The third-order valence-corrected chi connectivity index (χ3v) is 9.33. The molecular formula is C32H30ClNO4. The summed E-state index contributed by atoms with van der Waals surface area (Å²) in [6.45, 7) is 0.780. The number of likely N-dealkylation sites (tertiary alicyclic amines) is 1. The molecule has 1 amide bonds. The molecule has 0 N–H and O–H groups in total. The van der Waals surface area contributed by atoms with Gasteiger partial charge >= 0.3 is 5.97 Å². The summed E-state index contributed by atoms with van der Waals surface area (Å²) in [6.07, 6.45) is 5.09. The molecule has 1 saturated carbocycles. The zero-order valence-electron chi connectivity index (χ0n) is 21.5. The second-order valence-corrected chi connectivity index (χ2v) is 11.0. The fraction of sp³-hybridized carbons (Fsp3) is 0.312. The molecule has 3 aliphatic carbocycles. The van der Waals surface area contributed by atoms with Crippen LogP contribution in [-0.2, 0) is 19.7 Å². The van der Waals surface area contributed by atoms with Crippen LogP contribution in [0.25, 0.3) is 6.08 Å². The van der Waals surface area contributed by atoms with Crippen molar-refractivity contribution in [2.45, 2.75) is 24.2 Å². The normalized spacial score (nSPS) is 27.2. The van der Waals surface area contributed by atoms with Gasteiger partial charge in [0.25, 0.3) is 0 Å². The van der Waals surface area contributed by atoms with Crippen LogP contribution in [0.15, 0.2) is 78.9 Å². The van der Waals surface area contributed by atoms with Gasteiger partial charge in [0.15, 0.2) is 0 Å². The SMILES string of the molecule is COC(=O)[C@]12CN(C(=O)/C=C/c3ccccc3OC)C[C@H]1[C@]1(c3cccc(Cl)c3)CC[C@H]2c2ccccc21. The number of amides is 1. The van der Waals surface area contributed by atoms with Crippen molar-refractivity contribution in [2.75, 3.05) is 27.3 Å². The number of esters is 1. The summed E-state index contributed by atoms with van der Waals surface area (Å²) in [5.74, 6) is 0.174. The van der Waals surface area contributed by atoms with E-state index in [0.29, 0.717) is 23.9 Å². The number of halogens is 1. The number of para-hydroxylation sites is 1. The molecule has 0 spiro atoms. The molecule has 3 aromatic carbocycles. The Morgan fingerprint density at radius 3 is 2.61 bits per heavy atom. The lowest BCUT2D eigenvalue weighted by Gasteiger charge is -2.59. The lowest BCUT2D eigenvalue weighted by molar-refractivity contribution is -0.161. The topological polar surface area (TPSA) is 55.8 Å². The molecule has 0 radical (unpaired) electrons. The number of methoxy groups -OCH3 is 2. The molecule has 38 heavy (non-hydrogen) atoms. The zero-order valence-corrected chi connectivity index (χ0v) is 22.3. The van der Waals surface area contributed by atoms with Crippen molar-refractivity contribution < 1.29 is 19.1 Å². The first kappa shape index (κ1) is 24.7. The van der Waals surface area contributed by atoms with Gasteiger partial charge in [-0.25, -0.2) is 0 Å². The molecular weight excluding hydrogens is 498 g/mol. The molecule has 7 rings (SSSR count). The Kier molecular flexibility index (Phi) is 6.07. The highest BCUT2D eigenvalue weighted by Crippen LogP contribution is 2.69. The van der Waals surface area contributed by atoms with Gasteiger partial charge in [-0.15, -0.1) is 0 Å². The molecule has 4 aliphatic rings. The Bertz CT molecular complexity index is 1450. The van der Waals surface area contributed by atoms with E-state index in [1.165, 1.54) is 18.2 Å². The smallest absolute Gasteiger partial charge is 0.314 e. The van der Waals surface area contributed by atoms with Crippen LogP contribution in [0.3, 0.4) is 0 Å². The summed E-state index contributed by atoms with van der Waals surface area (Å²) in [6, 6.07) is 24.0. The van der Waals surface area contributed by atoms with Gasteiger partial charge < -0.3 is 14.4 Å². The highest BCUT2D eigenvalue weighted by molar-refractivity contribution is 6.30. The first-order valence-electron chi connectivity index (χ1n) is 13.0. The monoisotopic (exact) mass is 527 g/mol. The molecule has 194 valence electrons. The largest absolute Gasteiger partial charge is 0.496 e. The van der Waals surface area contributed by atoms with Gasteiger partial charge in [0, 0.05) is 47.0 Å².